The molecule has 0 aliphatic carbocycles. The molecule has 136 valence electrons. The lowest BCUT2D eigenvalue weighted by molar-refractivity contribution is -0.0498. The Morgan fingerprint density at radius 1 is 1.19 bits per heavy atom. The molecule has 0 amide bonds. The second kappa shape index (κ2) is 7.61. The summed E-state index contributed by atoms with van der Waals surface area (Å²) in [5.41, 5.74) is -1.61. The fourth-order valence-corrected chi connectivity index (χ4v) is 3.00. The van der Waals surface area contributed by atoms with Crippen molar-refractivity contribution in [2.75, 3.05) is 0 Å². The van der Waals surface area contributed by atoms with Crippen molar-refractivity contribution >= 4 is 23.2 Å². The molecule has 3 rings (SSSR count). The van der Waals surface area contributed by atoms with Crippen molar-refractivity contribution in [3.8, 4) is 11.5 Å². The quantitative estimate of drug-likeness (QED) is 0.661. The first kappa shape index (κ1) is 18.6. The third-order valence-corrected chi connectivity index (χ3v) is 4.55. The van der Waals surface area contributed by atoms with E-state index in [-0.39, 0.29) is 17.1 Å². The Kier molecular flexibility index (Phi) is 5.46. The number of hydrogen-bond acceptors (Lipinski definition) is 4. The van der Waals surface area contributed by atoms with E-state index >= 15 is 0 Å². The zero-order valence-electron chi connectivity index (χ0n) is 13.8. The summed E-state index contributed by atoms with van der Waals surface area (Å²) >= 11 is 12.2. The van der Waals surface area contributed by atoms with Gasteiger partial charge in [0.15, 0.2) is 0 Å². The molecular weight excluding hydrogens is 380 g/mol. The minimum atomic E-state index is -1.86. The van der Waals surface area contributed by atoms with Crippen LogP contribution in [0.2, 0.25) is 10.0 Å². The summed E-state index contributed by atoms with van der Waals surface area (Å²) in [4.78, 5) is 3.80. The summed E-state index contributed by atoms with van der Waals surface area (Å²) in [5.74, 6) is 1.03. The first-order valence-electron chi connectivity index (χ1n) is 7.81. The molecule has 0 radical (unpaired) electrons. The Morgan fingerprint density at radius 3 is 2.46 bits per heavy atom. The van der Waals surface area contributed by atoms with Gasteiger partial charge in [0.05, 0.1) is 11.6 Å². The van der Waals surface area contributed by atoms with Crippen LogP contribution in [0.15, 0.2) is 55.1 Å². The largest absolute Gasteiger partial charge is 0.457 e. The van der Waals surface area contributed by atoms with Crippen molar-refractivity contribution in [1.82, 2.24) is 14.8 Å². The lowest BCUT2D eigenvalue weighted by Gasteiger charge is -2.31. The van der Waals surface area contributed by atoms with E-state index in [0.29, 0.717) is 16.5 Å². The molecule has 0 spiro atoms. The van der Waals surface area contributed by atoms with Crippen LogP contribution in [0.25, 0.3) is 0 Å². The molecule has 5 nitrogen and oxygen atoms in total. The number of hydrogen-bond donors (Lipinski definition) is 1. The zero-order chi connectivity index (χ0) is 18.7. The number of aromatic nitrogens is 3. The van der Waals surface area contributed by atoms with E-state index in [4.69, 9.17) is 27.9 Å². The van der Waals surface area contributed by atoms with Crippen LogP contribution < -0.4 is 4.74 Å². The minimum absolute atomic E-state index is 0.123. The summed E-state index contributed by atoms with van der Waals surface area (Å²) in [6.45, 7) is 1.15. The van der Waals surface area contributed by atoms with E-state index in [0.717, 1.165) is 0 Å². The Balaban J connectivity index is 1.88. The van der Waals surface area contributed by atoms with Gasteiger partial charge < -0.3 is 9.84 Å². The highest BCUT2D eigenvalue weighted by Gasteiger charge is 2.39. The molecule has 2 atom stereocenters. The smallest absolute Gasteiger partial charge is 0.141 e. The third-order valence-electron chi connectivity index (χ3n) is 3.98. The molecule has 0 aliphatic rings. The first-order chi connectivity index (χ1) is 12.4. The molecule has 26 heavy (non-hydrogen) atoms. The van der Waals surface area contributed by atoms with Gasteiger partial charge >= 0.3 is 0 Å². The molecule has 8 heteroatoms. The highest BCUT2D eigenvalue weighted by Crippen LogP contribution is 2.37. The highest BCUT2D eigenvalue weighted by atomic mass is 35.5. The van der Waals surface area contributed by atoms with Gasteiger partial charge in [0.2, 0.25) is 0 Å². The molecule has 1 heterocycles. The van der Waals surface area contributed by atoms with E-state index in [1.807, 2.05) is 0 Å². The molecule has 0 saturated carbocycles. The Labute approximate surface area is 160 Å². The molecular formula is C18H16Cl2FN3O2. The third kappa shape index (κ3) is 3.98. The van der Waals surface area contributed by atoms with E-state index in [9.17, 15) is 9.50 Å². The molecule has 2 unspecified atom stereocenters. The second-order valence-electron chi connectivity index (χ2n) is 5.83. The van der Waals surface area contributed by atoms with Gasteiger partial charge in [-0.1, -0.05) is 29.3 Å². The Morgan fingerprint density at radius 2 is 1.88 bits per heavy atom. The summed E-state index contributed by atoms with van der Waals surface area (Å²) in [7, 11) is 0. The van der Waals surface area contributed by atoms with E-state index in [1.165, 1.54) is 30.3 Å². The maximum Gasteiger partial charge on any atom is 0.141 e. The van der Waals surface area contributed by atoms with Crippen LogP contribution in [0.5, 0.6) is 11.5 Å². The number of aliphatic hydroxyl groups is 1. The Bertz CT molecular complexity index is 873. The van der Waals surface area contributed by atoms with Crippen molar-refractivity contribution in [2.24, 2.45) is 0 Å². The van der Waals surface area contributed by atoms with Crippen LogP contribution in [0.4, 0.5) is 4.39 Å². The van der Waals surface area contributed by atoms with Crippen LogP contribution >= 0.6 is 23.2 Å². The maximum absolute atomic E-state index is 14.3. The topological polar surface area (TPSA) is 60.2 Å². The molecule has 1 aromatic heterocycles. The summed E-state index contributed by atoms with van der Waals surface area (Å²) in [5, 5.41) is 15.6. The number of nitrogens with zero attached hydrogens (tertiary/aromatic N) is 3. The van der Waals surface area contributed by atoms with Gasteiger partial charge in [-0.2, -0.15) is 5.10 Å². The molecule has 0 fully saturated rings. The van der Waals surface area contributed by atoms with E-state index < -0.39 is 11.8 Å². The van der Waals surface area contributed by atoms with Crippen molar-refractivity contribution in [3.63, 3.8) is 0 Å². The van der Waals surface area contributed by atoms with Gasteiger partial charge in [-0.25, -0.2) is 14.1 Å². The van der Waals surface area contributed by atoms with Crippen molar-refractivity contribution in [3.05, 3.63) is 70.7 Å². The number of halogens is 3. The van der Waals surface area contributed by atoms with Gasteiger partial charge in [-0.15, -0.1) is 0 Å². The summed E-state index contributed by atoms with van der Waals surface area (Å²) in [6, 6.07) is 11.5. The Hall–Kier alpha value is -2.15. The number of rotatable bonds is 6. The lowest BCUT2D eigenvalue weighted by atomic mass is 9.89. The summed E-state index contributed by atoms with van der Waals surface area (Å²) < 4.78 is 21.3. The van der Waals surface area contributed by atoms with Crippen LogP contribution in [0.1, 0.15) is 12.5 Å². The molecule has 3 aromatic rings. The molecule has 0 bridgehead atoms. The monoisotopic (exact) mass is 395 g/mol. The minimum Gasteiger partial charge on any atom is -0.457 e. The number of benzene rings is 2. The standard InChI is InChI=1S/C18H16Cl2FN3O2/c1-12(21)18(25,9-24-11-22-10-23-24)16-7-6-15(8-17(16)20)26-14-4-2-13(19)3-5-14/h2-8,10-12,25H,9H2,1H3. The van der Waals surface area contributed by atoms with Gasteiger partial charge in [0, 0.05) is 10.6 Å². The average Bonchev–Trinajstić information content (AvgIpc) is 3.09. The van der Waals surface area contributed by atoms with E-state index in [1.54, 1.807) is 36.4 Å². The average molecular weight is 396 g/mol. The predicted octanol–water partition coefficient (Wildman–Crippen LogP) is 4.62. The fraction of sp³-hybridized carbons (Fsp3) is 0.222. The molecule has 0 saturated heterocycles. The predicted molar refractivity (Wildman–Crippen MR) is 97.5 cm³/mol. The SMILES string of the molecule is CC(F)C(O)(Cn1cncn1)c1ccc(Oc2ccc(Cl)cc2)cc1Cl. The van der Waals surface area contributed by atoms with Gasteiger partial charge in [-0.05, 0) is 43.3 Å². The second-order valence-corrected chi connectivity index (χ2v) is 6.67. The van der Waals surface area contributed by atoms with Gasteiger partial charge in [-0.3, -0.25) is 0 Å². The van der Waals surface area contributed by atoms with Crippen LogP contribution in [0, 0.1) is 0 Å². The fourth-order valence-electron chi connectivity index (χ4n) is 2.54. The molecule has 0 aliphatic heterocycles. The zero-order valence-corrected chi connectivity index (χ0v) is 15.3. The normalized spacial score (nSPS) is 14.7. The number of ether oxygens (including phenoxy) is 1. The van der Waals surface area contributed by atoms with Gasteiger partial charge in [0.1, 0.15) is 35.9 Å². The summed E-state index contributed by atoms with van der Waals surface area (Å²) in [6.07, 6.45) is 1.13. The van der Waals surface area contributed by atoms with Crippen LogP contribution in [-0.2, 0) is 12.1 Å². The number of alkyl halides is 1. The van der Waals surface area contributed by atoms with Crippen LogP contribution in [0.3, 0.4) is 0 Å². The van der Waals surface area contributed by atoms with Crippen molar-refractivity contribution in [1.29, 1.82) is 0 Å². The van der Waals surface area contributed by atoms with Gasteiger partial charge in [0.25, 0.3) is 0 Å². The van der Waals surface area contributed by atoms with Crippen LogP contribution in [-0.4, -0.2) is 26.0 Å². The lowest BCUT2D eigenvalue weighted by Crippen LogP contribution is -2.40. The first-order valence-corrected chi connectivity index (χ1v) is 8.56. The molecule has 2 aromatic carbocycles. The molecule has 1 N–H and O–H groups in total. The highest BCUT2D eigenvalue weighted by molar-refractivity contribution is 6.31. The maximum atomic E-state index is 14.3. The van der Waals surface area contributed by atoms with Crippen molar-refractivity contribution < 1.29 is 14.2 Å². The van der Waals surface area contributed by atoms with Crippen molar-refractivity contribution in [2.45, 2.75) is 25.2 Å². The van der Waals surface area contributed by atoms with E-state index in [2.05, 4.69) is 10.1 Å².